The minimum atomic E-state index is -0.0900. The Labute approximate surface area is 105 Å². The fourth-order valence-electron chi connectivity index (χ4n) is 2.87. The first-order valence-electron chi connectivity index (χ1n) is 6.12. The molecular formula is C17H11F. The summed E-state index contributed by atoms with van der Waals surface area (Å²) in [6.45, 7) is 0. The minimum absolute atomic E-state index is 0.0900. The maximum Gasteiger partial charge on any atom is 0.127 e. The van der Waals surface area contributed by atoms with Gasteiger partial charge in [0.25, 0.3) is 0 Å². The number of fused-ring (bicyclic) bond motifs is 4. The van der Waals surface area contributed by atoms with Gasteiger partial charge in [-0.25, -0.2) is 4.39 Å². The lowest BCUT2D eigenvalue weighted by molar-refractivity contribution is 0.616. The average molecular weight is 234 g/mol. The molecular weight excluding hydrogens is 223 g/mol. The molecule has 0 nitrogen and oxygen atoms in total. The van der Waals surface area contributed by atoms with Gasteiger partial charge in [0.15, 0.2) is 0 Å². The van der Waals surface area contributed by atoms with Crippen LogP contribution in [0.1, 0.15) is 11.1 Å². The van der Waals surface area contributed by atoms with Crippen LogP contribution in [0.15, 0.2) is 54.6 Å². The Morgan fingerprint density at radius 3 is 2.39 bits per heavy atom. The summed E-state index contributed by atoms with van der Waals surface area (Å²) in [5, 5.41) is 2.44. The van der Waals surface area contributed by atoms with Crippen molar-refractivity contribution in [1.29, 1.82) is 0 Å². The summed E-state index contributed by atoms with van der Waals surface area (Å²) in [4.78, 5) is 0. The van der Waals surface area contributed by atoms with Gasteiger partial charge in [-0.15, -0.1) is 0 Å². The molecule has 0 bridgehead atoms. The van der Waals surface area contributed by atoms with Crippen molar-refractivity contribution in [2.45, 2.75) is 6.42 Å². The van der Waals surface area contributed by atoms with E-state index in [-0.39, 0.29) is 5.82 Å². The molecule has 0 spiro atoms. The second-order valence-corrected chi connectivity index (χ2v) is 4.80. The first-order chi connectivity index (χ1) is 8.83. The van der Waals surface area contributed by atoms with Crippen molar-refractivity contribution in [3.8, 4) is 11.1 Å². The van der Waals surface area contributed by atoms with Crippen LogP contribution in [0, 0.1) is 5.82 Å². The van der Waals surface area contributed by atoms with Crippen LogP contribution >= 0.6 is 0 Å². The standard InChI is InChI=1S/C17H11F/c18-17-7-3-6-14-15-9-12-5-2-1-4-11(12)8-13(15)10-16(14)17/h1-9H,10H2. The van der Waals surface area contributed by atoms with Gasteiger partial charge in [0.1, 0.15) is 5.82 Å². The predicted molar refractivity (Wildman–Crippen MR) is 72.1 cm³/mol. The highest BCUT2D eigenvalue weighted by Crippen LogP contribution is 2.39. The van der Waals surface area contributed by atoms with Gasteiger partial charge in [-0.3, -0.25) is 0 Å². The molecule has 86 valence electrons. The Morgan fingerprint density at radius 1 is 0.778 bits per heavy atom. The zero-order valence-electron chi connectivity index (χ0n) is 9.78. The number of benzene rings is 3. The lowest BCUT2D eigenvalue weighted by Crippen LogP contribution is -1.85. The van der Waals surface area contributed by atoms with Gasteiger partial charge in [0.2, 0.25) is 0 Å². The molecule has 3 aromatic carbocycles. The van der Waals surface area contributed by atoms with E-state index in [1.54, 1.807) is 12.1 Å². The van der Waals surface area contributed by atoms with Crippen molar-refractivity contribution < 1.29 is 4.39 Å². The van der Waals surface area contributed by atoms with Gasteiger partial charge < -0.3 is 0 Å². The molecule has 1 aliphatic carbocycles. The van der Waals surface area contributed by atoms with E-state index in [9.17, 15) is 4.39 Å². The van der Waals surface area contributed by atoms with Crippen LogP contribution < -0.4 is 0 Å². The van der Waals surface area contributed by atoms with Crippen LogP contribution in [0.25, 0.3) is 21.9 Å². The van der Waals surface area contributed by atoms with Crippen molar-refractivity contribution in [3.05, 3.63) is 71.5 Å². The molecule has 0 radical (unpaired) electrons. The molecule has 1 aliphatic rings. The number of rotatable bonds is 0. The smallest absolute Gasteiger partial charge is 0.127 e. The molecule has 0 aromatic heterocycles. The zero-order chi connectivity index (χ0) is 12.1. The Bertz CT molecular complexity index is 772. The van der Waals surface area contributed by atoms with Gasteiger partial charge in [0, 0.05) is 12.0 Å². The zero-order valence-corrected chi connectivity index (χ0v) is 9.78. The van der Waals surface area contributed by atoms with E-state index in [0.717, 1.165) is 11.1 Å². The third-order valence-corrected chi connectivity index (χ3v) is 3.75. The highest BCUT2D eigenvalue weighted by Gasteiger charge is 2.21. The maximum absolute atomic E-state index is 13.8. The van der Waals surface area contributed by atoms with Gasteiger partial charge in [0.05, 0.1) is 0 Å². The molecule has 0 saturated carbocycles. The topological polar surface area (TPSA) is 0 Å². The quantitative estimate of drug-likeness (QED) is 0.418. The second-order valence-electron chi connectivity index (χ2n) is 4.80. The first-order valence-corrected chi connectivity index (χ1v) is 6.12. The van der Waals surface area contributed by atoms with Crippen molar-refractivity contribution in [2.75, 3.05) is 0 Å². The van der Waals surface area contributed by atoms with Crippen LogP contribution in [0.2, 0.25) is 0 Å². The van der Waals surface area contributed by atoms with Crippen molar-refractivity contribution in [1.82, 2.24) is 0 Å². The SMILES string of the molecule is Fc1cccc2c1Cc1cc3ccccc3cc1-2. The summed E-state index contributed by atoms with van der Waals surface area (Å²) in [6, 6.07) is 18.0. The molecule has 3 aromatic rings. The number of hydrogen-bond donors (Lipinski definition) is 0. The van der Waals surface area contributed by atoms with Crippen LogP contribution in [0.5, 0.6) is 0 Å². The summed E-state index contributed by atoms with van der Waals surface area (Å²) in [7, 11) is 0. The fourth-order valence-corrected chi connectivity index (χ4v) is 2.87. The highest BCUT2D eigenvalue weighted by atomic mass is 19.1. The molecule has 0 N–H and O–H groups in total. The Balaban J connectivity index is 2.06. The number of hydrogen-bond acceptors (Lipinski definition) is 0. The molecule has 4 rings (SSSR count). The third kappa shape index (κ3) is 1.25. The van der Waals surface area contributed by atoms with Crippen LogP contribution in [-0.4, -0.2) is 0 Å². The summed E-state index contributed by atoms with van der Waals surface area (Å²) >= 11 is 0. The van der Waals surface area contributed by atoms with E-state index in [0.29, 0.717) is 6.42 Å². The van der Waals surface area contributed by atoms with Gasteiger partial charge in [-0.05, 0) is 39.6 Å². The molecule has 18 heavy (non-hydrogen) atoms. The Kier molecular flexibility index (Phi) is 1.87. The first kappa shape index (κ1) is 9.84. The molecule has 0 heterocycles. The summed E-state index contributed by atoms with van der Waals surface area (Å²) in [6.07, 6.45) is 0.710. The van der Waals surface area contributed by atoms with Gasteiger partial charge in [-0.1, -0.05) is 42.5 Å². The molecule has 0 saturated heterocycles. The average Bonchev–Trinajstić information content (AvgIpc) is 2.76. The largest absolute Gasteiger partial charge is 0.207 e. The summed E-state index contributed by atoms with van der Waals surface area (Å²) in [5.41, 5.74) is 4.30. The van der Waals surface area contributed by atoms with E-state index in [4.69, 9.17) is 0 Å². The van der Waals surface area contributed by atoms with E-state index in [1.165, 1.54) is 21.9 Å². The van der Waals surface area contributed by atoms with Crippen LogP contribution in [-0.2, 0) is 6.42 Å². The molecule has 0 unspecified atom stereocenters. The van der Waals surface area contributed by atoms with E-state index in [1.807, 2.05) is 18.2 Å². The van der Waals surface area contributed by atoms with E-state index in [2.05, 4.69) is 24.3 Å². The molecule has 0 aliphatic heterocycles. The third-order valence-electron chi connectivity index (χ3n) is 3.75. The highest BCUT2D eigenvalue weighted by molar-refractivity contribution is 5.91. The Hall–Kier alpha value is -2.15. The lowest BCUT2D eigenvalue weighted by Gasteiger charge is -2.04. The monoisotopic (exact) mass is 234 g/mol. The molecule has 0 fully saturated rings. The normalized spacial score (nSPS) is 12.5. The Morgan fingerprint density at radius 2 is 1.56 bits per heavy atom. The predicted octanol–water partition coefficient (Wildman–Crippen LogP) is 4.55. The lowest BCUT2D eigenvalue weighted by atomic mass is 10.0. The number of halogens is 1. The molecule has 0 amide bonds. The van der Waals surface area contributed by atoms with Crippen LogP contribution in [0.4, 0.5) is 4.39 Å². The van der Waals surface area contributed by atoms with Gasteiger partial charge in [-0.2, -0.15) is 0 Å². The van der Waals surface area contributed by atoms with E-state index < -0.39 is 0 Å². The second kappa shape index (κ2) is 3.42. The van der Waals surface area contributed by atoms with Gasteiger partial charge >= 0.3 is 0 Å². The van der Waals surface area contributed by atoms with Crippen molar-refractivity contribution in [2.24, 2.45) is 0 Å². The van der Waals surface area contributed by atoms with E-state index >= 15 is 0 Å². The molecule has 1 heteroatoms. The van der Waals surface area contributed by atoms with Crippen LogP contribution in [0.3, 0.4) is 0 Å². The summed E-state index contributed by atoms with van der Waals surface area (Å²) < 4.78 is 13.8. The van der Waals surface area contributed by atoms with Crippen molar-refractivity contribution in [3.63, 3.8) is 0 Å². The fraction of sp³-hybridized carbons (Fsp3) is 0.0588. The van der Waals surface area contributed by atoms with Crippen molar-refractivity contribution >= 4 is 10.8 Å². The molecule has 0 atom stereocenters. The summed E-state index contributed by atoms with van der Waals surface area (Å²) in [5.74, 6) is -0.0900. The maximum atomic E-state index is 13.8. The minimum Gasteiger partial charge on any atom is -0.207 e.